The maximum absolute atomic E-state index is 9.22. The minimum Gasteiger partial charge on any atom is -0.508 e. The van der Waals surface area contributed by atoms with Crippen LogP contribution in [0.3, 0.4) is 0 Å². The Hall–Kier alpha value is -1.74. The van der Waals surface area contributed by atoms with Gasteiger partial charge >= 0.3 is 0 Å². The third kappa shape index (κ3) is 4.45. The number of phenolic OH excluding ortho intramolecular Hbond substituents is 1. The van der Waals surface area contributed by atoms with Crippen LogP contribution >= 0.6 is 11.6 Å². The van der Waals surface area contributed by atoms with Gasteiger partial charge in [-0.3, -0.25) is 0 Å². The molecule has 100 valence electrons. The van der Waals surface area contributed by atoms with Crippen LogP contribution in [-0.2, 0) is 6.42 Å². The summed E-state index contributed by atoms with van der Waals surface area (Å²) in [6, 6.07) is 13.2. The van der Waals surface area contributed by atoms with Gasteiger partial charge in [0.25, 0.3) is 0 Å². The molecule has 0 aliphatic heterocycles. The van der Waals surface area contributed by atoms with Crippen molar-refractivity contribution in [2.45, 2.75) is 25.8 Å². The van der Waals surface area contributed by atoms with Crippen LogP contribution in [0.5, 0.6) is 5.75 Å². The first kappa shape index (κ1) is 13.7. The van der Waals surface area contributed by atoms with Crippen molar-refractivity contribution in [3.8, 4) is 5.75 Å². The van der Waals surface area contributed by atoms with E-state index in [2.05, 4.69) is 17.2 Å². The van der Waals surface area contributed by atoms with Crippen LogP contribution in [0.1, 0.15) is 18.9 Å². The third-order valence-corrected chi connectivity index (χ3v) is 3.12. The third-order valence-electron chi connectivity index (χ3n) is 2.91. The number of anilines is 1. The van der Waals surface area contributed by atoms with Crippen molar-refractivity contribution < 1.29 is 5.11 Å². The highest BCUT2D eigenvalue weighted by Gasteiger charge is 2.04. The summed E-state index contributed by atoms with van der Waals surface area (Å²) in [4.78, 5) is 4.20. The molecule has 19 heavy (non-hydrogen) atoms. The molecule has 1 aromatic carbocycles. The Bertz CT molecular complexity index is 528. The summed E-state index contributed by atoms with van der Waals surface area (Å²) >= 11 is 5.84. The molecule has 2 N–H and O–H groups in total. The lowest BCUT2D eigenvalue weighted by atomic mass is 10.1. The molecule has 1 unspecified atom stereocenters. The summed E-state index contributed by atoms with van der Waals surface area (Å²) in [5.74, 6) is 1.10. The Kier molecular flexibility index (Phi) is 4.63. The van der Waals surface area contributed by atoms with Crippen molar-refractivity contribution in [1.29, 1.82) is 0 Å². The number of phenols is 1. The molecule has 0 aliphatic carbocycles. The zero-order chi connectivity index (χ0) is 13.7. The predicted molar refractivity (Wildman–Crippen MR) is 78.8 cm³/mol. The van der Waals surface area contributed by atoms with E-state index in [0.29, 0.717) is 16.9 Å². The number of halogens is 1. The molecule has 1 atom stereocenters. The van der Waals surface area contributed by atoms with E-state index in [0.717, 1.165) is 18.7 Å². The average molecular weight is 277 g/mol. The van der Waals surface area contributed by atoms with E-state index in [1.54, 1.807) is 18.2 Å². The van der Waals surface area contributed by atoms with E-state index in [4.69, 9.17) is 11.6 Å². The molecule has 1 aromatic heterocycles. The van der Waals surface area contributed by atoms with Gasteiger partial charge in [-0.25, -0.2) is 4.98 Å². The Labute approximate surface area is 118 Å². The zero-order valence-electron chi connectivity index (χ0n) is 10.8. The molecule has 0 saturated carbocycles. The summed E-state index contributed by atoms with van der Waals surface area (Å²) < 4.78 is 0. The van der Waals surface area contributed by atoms with Crippen molar-refractivity contribution in [2.24, 2.45) is 0 Å². The van der Waals surface area contributed by atoms with Gasteiger partial charge in [0.05, 0.1) is 0 Å². The molecule has 0 radical (unpaired) electrons. The first-order chi connectivity index (χ1) is 9.13. The van der Waals surface area contributed by atoms with E-state index in [-0.39, 0.29) is 0 Å². The smallest absolute Gasteiger partial charge is 0.131 e. The number of hydrogen-bond donors (Lipinski definition) is 2. The second-order valence-corrected chi connectivity index (χ2v) is 4.98. The largest absolute Gasteiger partial charge is 0.508 e. The van der Waals surface area contributed by atoms with Crippen LogP contribution in [0.15, 0.2) is 42.5 Å². The van der Waals surface area contributed by atoms with Crippen LogP contribution in [0.25, 0.3) is 0 Å². The predicted octanol–water partition coefficient (Wildman–Crippen LogP) is 3.87. The lowest BCUT2D eigenvalue weighted by Crippen LogP contribution is -2.16. The molecule has 0 bridgehead atoms. The number of hydrogen-bond acceptors (Lipinski definition) is 3. The number of aromatic nitrogens is 1. The van der Waals surface area contributed by atoms with Crippen LogP contribution in [0.4, 0.5) is 5.82 Å². The monoisotopic (exact) mass is 276 g/mol. The van der Waals surface area contributed by atoms with Crippen LogP contribution in [0, 0.1) is 0 Å². The molecule has 0 aliphatic rings. The van der Waals surface area contributed by atoms with Crippen molar-refractivity contribution in [2.75, 3.05) is 5.32 Å². The molecule has 0 amide bonds. The number of pyridine rings is 1. The summed E-state index contributed by atoms with van der Waals surface area (Å²) in [7, 11) is 0. The van der Waals surface area contributed by atoms with E-state index in [9.17, 15) is 5.11 Å². The van der Waals surface area contributed by atoms with E-state index < -0.39 is 0 Å². The van der Waals surface area contributed by atoms with Gasteiger partial charge in [-0.1, -0.05) is 29.8 Å². The van der Waals surface area contributed by atoms with Crippen LogP contribution in [-0.4, -0.2) is 16.1 Å². The Morgan fingerprint density at radius 2 is 1.95 bits per heavy atom. The number of nitrogens with one attached hydrogen (secondary N) is 1. The summed E-state index contributed by atoms with van der Waals surface area (Å²) in [6.45, 7) is 2.11. The highest BCUT2D eigenvalue weighted by atomic mass is 35.5. The molecule has 0 fully saturated rings. The topological polar surface area (TPSA) is 45.1 Å². The van der Waals surface area contributed by atoms with Crippen molar-refractivity contribution >= 4 is 17.4 Å². The number of aromatic hydroxyl groups is 1. The Balaban J connectivity index is 1.84. The SMILES string of the molecule is CC(CCc1ccc(O)cc1)Nc1cccc(Cl)n1. The fourth-order valence-electron chi connectivity index (χ4n) is 1.86. The fraction of sp³-hybridized carbons (Fsp3) is 0.267. The van der Waals surface area contributed by atoms with Gasteiger partial charge in [-0.05, 0) is 49.6 Å². The average Bonchev–Trinajstić information content (AvgIpc) is 2.38. The van der Waals surface area contributed by atoms with Gasteiger partial charge in [0.2, 0.25) is 0 Å². The molecule has 0 spiro atoms. The standard InChI is InChI=1S/C15H17ClN2O/c1-11(17-15-4-2-3-14(16)18-15)5-6-12-7-9-13(19)10-8-12/h2-4,7-11,19H,5-6H2,1H3,(H,17,18). The molecule has 2 aromatic rings. The lowest BCUT2D eigenvalue weighted by molar-refractivity contribution is 0.475. The first-order valence-corrected chi connectivity index (χ1v) is 6.68. The normalized spacial score (nSPS) is 12.1. The number of benzene rings is 1. The quantitative estimate of drug-likeness (QED) is 0.815. The van der Waals surface area contributed by atoms with E-state index in [1.165, 1.54) is 5.56 Å². The minimum absolute atomic E-state index is 0.304. The van der Waals surface area contributed by atoms with Crippen molar-refractivity contribution in [3.05, 3.63) is 53.2 Å². The first-order valence-electron chi connectivity index (χ1n) is 6.30. The second kappa shape index (κ2) is 6.43. The zero-order valence-corrected chi connectivity index (χ0v) is 11.6. The van der Waals surface area contributed by atoms with Gasteiger partial charge in [-0.2, -0.15) is 0 Å². The molecule has 2 rings (SSSR count). The molecular formula is C15H17ClN2O. The number of aryl methyl sites for hydroxylation is 1. The summed E-state index contributed by atoms with van der Waals surface area (Å²) in [5.41, 5.74) is 1.21. The van der Waals surface area contributed by atoms with Crippen molar-refractivity contribution in [3.63, 3.8) is 0 Å². The molecule has 0 saturated heterocycles. The minimum atomic E-state index is 0.304. The Morgan fingerprint density at radius 3 is 2.63 bits per heavy atom. The Morgan fingerprint density at radius 1 is 1.21 bits per heavy atom. The van der Waals surface area contributed by atoms with E-state index >= 15 is 0 Å². The van der Waals surface area contributed by atoms with Crippen molar-refractivity contribution in [1.82, 2.24) is 4.98 Å². The van der Waals surface area contributed by atoms with Gasteiger partial charge < -0.3 is 10.4 Å². The highest BCUT2D eigenvalue weighted by molar-refractivity contribution is 6.29. The van der Waals surface area contributed by atoms with Gasteiger partial charge in [0, 0.05) is 6.04 Å². The number of rotatable bonds is 5. The van der Waals surface area contributed by atoms with Crippen LogP contribution < -0.4 is 5.32 Å². The maximum atomic E-state index is 9.22. The molecular weight excluding hydrogens is 260 g/mol. The molecule has 1 heterocycles. The molecule has 4 heteroatoms. The van der Waals surface area contributed by atoms with Gasteiger partial charge in [0.15, 0.2) is 0 Å². The van der Waals surface area contributed by atoms with Crippen LogP contribution in [0.2, 0.25) is 5.15 Å². The van der Waals surface area contributed by atoms with Gasteiger partial charge in [0.1, 0.15) is 16.7 Å². The van der Waals surface area contributed by atoms with Gasteiger partial charge in [-0.15, -0.1) is 0 Å². The fourth-order valence-corrected chi connectivity index (χ4v) is 2.02. The second-order valence-electron chi connectivity index (χ2n) is 4.60. The maximum Gasteiger partial charge on any atom is 0.131 e. The summed E-state index contributed by atoms with van der Waals surface area (Å²) in [5, 5.41) is 13.0. The number of nitrogens with zero attached hydrogens (tertiary/aromatic N) is 1. The lowest BCUT2D eigenvalue weighted by Gasteiger charge is -2.14. The highest BCUT2D eigenvalue weighted by Crippen LogP contribution is 2.14. The molecule has 3 nitrogen and oxygen atoms in total. The summed E-state index contributed by atoms with van der Waals surface area (Å²) in [6.07, 6.45) is 1.94. The van der Waals surface area contributed by atoms with E-state index in [1.807, 2.05) is 24.3 Å².